The molecule has 1 aromatic heterocycles. The molecule has 124 valence electrons. The topological polar surface area (TPSA) is 94.8 Å². The number of ether oxygens (including phenoxy) is 2. The molecule has 7 nitrogen and oxygen atoms in total. The van der Waals surface area contributed by atoms with Crippen molar-refractivity contribution in [3.05, 3.63) is 54.4 Å². The molecule has 24 heavy (non-hydrogen) atoms. The monoisotopic (exact) mass is 327 g/mol. The molecular weight excluding hydrogens is 310 g/mol. The maximum absolute atomic E-state index is 12.8. The second-order valence-electron chi connectivity index (χ2n) is 5.28. The summed E-state index contributed by atoms with van der Waals surface area (Å²) in [5, 5.41) is 0. The second kappa shape index (κ2) is 7.10. The second-order valence-corrected chi connectivity index (χ2v) is 5.28. The minimum Gasteiger partial charge on any atom is -0.455 e. The number of hydrogen-bond acceptors (Lipinski definition) is 5. The summed E-state index contributed by atoms with van der Waals surface area (Å²) in [6, 6.07) is 12.5. The molecule has 3 rings (SSSR count). The average molecular weight is 327 g/mol. The van der Waals surface area contributed by atoms with Gasteiger partial charge in [-0.2, -0.15) is 0 Å². The Bertz CT molecular complexity index is 736. The summed E-state index contributed by atoms with van der Waals surface area (Å²) >= 11 is 0. The van der Waals surface area contributed by atoms with Crippen molar-refractivity contribution in [2.75, 3.05) is 19.7 Å². The molecule has 0 bridgehead atoms. The Morgan fingerprint density at radius 1 is 1.21 bits per heavy atom. The van der Waals surface area contributed by atoms with E-state index in [0.717, 1.165) is 0 Å². The van der Waals surface area contributed by atoms with Gasteiger partial charge < -0.3 is 20.1 Å². The SMILES string of the molecule is NC(=O)C1CN(C(=O)c2ncccc2Oc2ccccc2)CCO1. The van der Waals surface area contributed by atoms with E-state index in [1.165, 1.54) is 11.1 Å². The van der Waals surface area contributed by atoms with Crippen LogP contribution in [0.1, 0.15) is 10.5 Å². The number of carbonyl (C=O) groups excluding carboxylic acids is 2. The number of rotatable bonds is 4. The third kappa shape index (κ3) is 3.52. The molecule has 2 amide bonds. The maximum Gasteiger partial charge on any atom is 0.276 e. The lowest BCUT2D eigenvalue weighted by molar-refractivity contribution is -0.133. The van der Waals surface area contributed by atoms with Crippen LogP contribution in [0.15, 0.2) is 48.7 Å². The van der Waals surface area contributed by atoms with E-state index < -0.39 is 12.0 Å². The fourth-order valence-corrected chi connectivity index (χ4v) is 2.40. The van der Waals surface area contributed by atoms with Crippen LogP contribution in [-0.4, -0.2) is 47.5 Å². The van der Waals surface area contributed by atoms with Gasteiger partial charge in [-0.05, 0) is 24.3 Å². The molecule has 1 unspecified atom stereocenters. The summed E-state index contributed by atoms with van der Waals surface area (Å²) in [5.41, 5.74) is 5.44. The first-order valence-corrected chi connectivity index (χ1v) is 7.53. The smallest absolute Gasteiger partial charge is 0.276 e. The van der Waals surface area contributed by atoms with Crippen LogP contribution in [0.5, 0.6) is 11.5 Å². The van der Waals surface area contributed by atoms with E-state index in [4.69, 9.17) is 15.2 Å². The minimum atomic E-state index is -0.801. The molecule has 1 fully saturated rings. The number of hydrogen-bond donors (Lipinski definition) is 1. The third-order valence-electron chi connectivity index (χ3n) is 3.62. The minimum absolute atomic E-state index is 0.107. The lowest BCUT2D eigenvalue weighted by Crippen LogP contribution is -2.50. The quantitative estimate of drug-likeness (QED) is 0.910. The van der Waals surface area contributed by atoms with Crippen LogP contribution >= 0.6 is 0 Å². The Balaban J connectivity index is 1.81. The van der Waals surface area contributed by atoms with E-state index in [9.17, 15) is 9.59 Å². The van der Waals surface area contributed by atoms with Crippen LogP contribution in [0.2, 0.25) is 0 Å². The number of carbonyl (C=O) groups is 2. The van der Waals surface area contributed by atoms with Gasteiger partial charge in [0.25, 0.3) is 5.91 Å². The molecule has 1 saturated heterocycles. The largest absolute Gasteiger partial charge is 0.455 e. The highest BCUT2D eigenvalue weighted by Crippen LogP contribution is 2.25. The van der Waals surface area contributed by atoms with E-state index in [0.29, 0.717) is 18.0 Å². The fraction of sp³-hybridized carbons (Fsp3) is 0.235. The zero-order valence-corrected chi connectivity index (χ0v) is 12.9. The van der Waals surface area contributed by atoms with Crippen molar-refractivity contribution in [1.82, 2.24) is 9.88 Å². The van der Waals surface area contributed by atoms with E-state index >= 15 is 0 Å². The first kappa shape index (κ1) is 15.9. The summed E-state index contributed by atoms with van der Waals surface area (Å²) in [6.45, 7) is 0.723. The number of pyridine rings is 1. The van der Waals surface area contributed by atoms with Crippen molar-refractivity contribution in [3.8, 4) is 11.5 Å². The molecule has 0 spiro atoms. The fourth-order valence-electron chi connectivity index (χ4n) is 2.40. The molecule has 1 aromatic carbocycles. The predicted molar refractivity (Wildman–Crippen MR) is 85.6 cm³/mol. The summed E-state index contributed by atoms with van der Waals surface area (Å²) in [4.78, 5) is 29.7. The zero-order valence-electron chi connectivity index (χ0n) is 12.9. The maximum atomic E-state index is 12.8. The molecule has 0 radical (unpaired) electrons. The Morgan fingerprint density at radius 2 is 2.00 bits per heavy atom. The lowest BCUT2D eigenvalue weighted by Gasteiger charge is -2.31. The van der Waals surface area contributed by atoms with E-state index in [1.54, 1.807) is 24.3 Å². The Morgan fingerprint density at radius 3 is 2.75 bits per heavy atom. The van der Waals surface area contributed by atoms with Crippen LogP contribution in [-0.2, 0) is 9.53 Å². The third-order valence-corrected chi connectivity index (χ3v) is 3.62. The highest BCUT2D eigenvalue weighted by atomic mass is 16.5. The molecule has 7 heteroatoms. The van der Waals surface area contributed by atoms with E-state index in [1.807, 2.05) is 18.2 Å². The number of primary amides is 1. The van der Waals surface area contributed by atoms with E-state index in [2.05, 4.69) is 4.98 Å². The normalized spacial score (nSPS) is 17.3. The summed E-state index contributed by atoms with van der Waals surface area (Å²) in [5.74, 6) is 0.0534. The van der Waals surface area contributed by atoms with Crippen molar-refractivity contribution in [2.24, 2.45) is 5.73 Å². The molecular formula is C17H17N3O4. The van der Waals surface area contributed by atoms with Crippen molar-refractivity contribution in [3.63, 3.8) is 0 Å². The molecule has 0 saturated carbocycles. The van der Waals surface area contributed by atoms with Gasteiger partial charge >= 0.3 is 0 Å². The van der Waals surface area contributed by atoms with Gasteiger partial charge in [-0.3, -0.25) is 9.59 Å². The Labute approximate surface area is 139 Å². The number of amides is 2. The van der Waals surface area contributed by atoms with Crippen molar-refractivity contribution in [1.29, 1.82) is 0 Å². The van der Waals surface area contributed by atoms with Gasteiger partial charge in [-0.1, -0.05) is 18.2 Å². The molecule has 2 heterocycles. The van der Waals surface area contributed by atoms with Gasteiger partial charge in [0.05, 0.1) is 13.2 Å². The summed E-state index contributed by atoms with van der Waals surface area (Å²) in [7, 11) is 0. The number of aromatic nitrogens is 1. The molecule has 1 aliphatic rings. The van der Waals surface area contributed by atoms with Gasteiger partial charge in [-0.15, -0.1) is 0 Å². The van der Waals surface area contributed by atoms with Crippen LogP contribution in [0.25, 0.3) is 0 Å². The van der Waals surface area contributed by atoms with Crippen LogP contribution in [0.3, 0.4) is 0 Å². The van der Waals surface area contributed by atoms with Crippen molar-refractivity contribution >= 4 is 11.8 Å². The van der Waals surface area contributed by atoms with Gasteiger partial charge in [0.1, 0.15) is 5.75 Å². The number of nitrogens with two attached hydrogens (primary N) is 1. The van der Waals surface area contributed by atoms with Crippen molar-refractivity contribution < 1.29 is 19.1 Å². The number of para-hydroxylation sites is 1. The number of benzene rings is 1. The zero-order chi connectivity index (χ0) is 16.9. The van der Waals surface area contributed by atoms with Gasteiger partial charge in [0.2, 0.25) is 5.91 Å². The highest BCUT2D eigenvalue weighted by Gasteiger charge is 2.30. The first-order valence-electron chi connectivity index (χ1n) is 7.53. The van der Waals surface area contributed by atoms with Gasteiger partial charge in [-0.25, -0.2) is 4.98 Å². The van der Waals surface area contributed by atoms with Crippen LogP contribution in [0.4, 0.5) is 0 Å². The molecule has 2 N–H and O–H groups in total. The van der Waals surface area contributed by atoms with Gasteiger partial charge in [0.15, 0.2) is 17.5 Å². The molecule has 1 atom stereocenters. The van der Waals surface area contributed by atoms with E-state index in [-0.39, 0.29) is 24.8 Å². The predicted octanol–water partition coefficient (Wildman–Crippen LogP) is 1.20. The molecule has 1 aliphatic heterocycles. The standard InChI is InChI=1S/C17H17N3O4/c18-16(21)14-11-20(9-10-23-14)17(22)15-13(7-4-8-19-15)24-12-5-2-1-3-6-12/h1-8,14H,9-11H2,(H2,18,21). The molecule has 0 aliphatic carbocycles. The average Bonchev–Trinajstić information content (AvgIpc) is 2.62. The van der Waals surface area contributed by atoms with Crippen molar-refractivity contribution in [2.45, 2.75) is 6.10 Å². The van der Waals surface area contributed by atoms with Crippen LogP contribution in [0, 0.1) is 0 Å². The Hall–Kier alpha value is -2.93. The number of morpholine rings is 1. The first-order chi connectivity index (χ1) is 11.6. The van der Waals surface area contributed by atoms with Gasteiger partial charge in [0, 0.05) is 12.7 Å². The highest BCUT2D eigenvalue weighted by molar-refractivity contribution is 5.95. The molecule has 2 aromatic rings. The van der Waals surface area contributed by atoms with Crippen LogP contribution < -0.4 is 10.5 Å². The summed E-state index contributed by atoms with van der Waals surface area (Å²) < 4.78 is 11.0. The Kier molecular flexibility index (Phi) is 4.72. The lowest BCUT2D eigenvalue weighted by atomic mass is 10.2. The number of nitrogens with zero attached hydrogens (tertiary/aromatic N) is 2. The summed E-state index contributed by atoms with van der Waals surface area (Å²) in [6.07, 6.45) is 0.724.